The highest BCUT2D eigenvalue weighted by Gasteiger charge is 2.26. The number of para-hydroxylation sites is 1. The predicted molar refractivity (Wildman–Crippen MR) is 129 cm³/mol. The Labute approximate surface area is 196 Å². The molecule has 0 bridgehead atoms. The molecule has 0 unspecified atom stereocenters. The maximum atomic E-state index is 13.6. The van der Waals surface area contributed by atoms with Crippen LogP contribution < -0.4 is 26.6 Å². The maximum absolute atomic E-state index is 13.6. The van der Waals surface area contributed by atoms with Crippen LogP contribution in [0.15, 0.2) is 33.9 Å². The highest BCUT2D eigenvalue weighted by Crippen LogP contribution is 2.23. The Morgan fingerprint density at radius 3 is 2.74 bits per heavy atom. The fourth-order valence-electron chi connectivity index (χ4n) is 4.34. The normalized spacial score (nSPS) is 15.8. The van der Waals surface area contributed by atoms with Crippen LogP contribution in [0, 0.1) is 11.8 Å². The van der Waals surface area contributed by atoms with E-state index in [2.05, 4.69) is 16.8 Å². The summed E-state index contributed by atoms with van der Waals surface area (Å²) in [4.78, 5) is 46.4. The van der Waals surface area contributed by atoms with Crippen molar-refractivity contribution in [1.82, 2.24) is 18.7 Å². The van der Waals surface area contributed by atoms with Crippen molar-refractivity contribution in [2.45, 2.75) is 38.9 Å². The topological polar surface area (TPSA) is 117 Å². The minimum absolute atomic E-state index is 0.00165. The number of aryl methyl sites for hydroxylation is 1. The number of hydrogen-bond donors (Lipinski definition) is 1. The summed E-state index contributed by atoms with van der Waals surface area (Å²) < 4.78 is 9.23. The highest BCUT2D eigenvalue weighted by atomic mass is 16.5. The number of Topliss-reactive ketones (excluding diaryl/α,β-unsaturated/α-hetero) is 1. The third-order valence-corrected chi connectivity index (χ3v) is 6.08. The molecule has 2 aromatic heterocycles. The van der Waals surface area contributed by atoms with E-state index in [0.29, 0.717) is 23.8 Å². The fourth-order valence-corrected chi connectivity index (χ4v) is 4.34. The first kappa shape index (κ1) is 23.3. The molecule has 1 aromatic carbocycles. The number of fused-ring (bicyclic) bond motifs is 1. The van der Waals surface area contributed by atoms with E-state index in [1.165, 1.54) is 11.7 Å². The number of aromatic nitrogens is 4. The Bertz CT molecular complexity index is 1420. The zero-order valence-electron chi connectivity index (χ0n) is 19.6. The largest absolute Gasteiger partial charge is 0.496 e. The molecular weight excluding hydrogens is 436 g/mol. The molecule has 1 fully saturated rings. The van der Waals surface area contributed by atoms with Gasteiger partial charge in [0.15, 0.2) is 16.9 Å². The number of nitrogens with zero attached hydrogens (tertiary/aromatic N) is 5. The zero-order chi connectivity index (χ0) is 24.4. The molecule has 3 aromatic rings. The molecular formula is C24H28N6O4. The van der Waals surface area contributed by atoms with Gasteiger partial charge in [-0.15, -0.1) is 5.92 Å². The number of ketones is 1. The van der Waals surface area contributed by atoms with Crippen molar-refractivity contribution >= 4 is 22.9 Å². The summed E-state index contributed by atoms with van der Waals surface area (Å²) in [6, 6.07) is 6.71. The van der Waals surface area contributed by atoms with Crippen molar-refractivity contribution in [2.75, 3.05) is 25.1 Å². The van der Waals surface area contributed by atoms with Gasteiger partial charge in [0.25, 0.3) is 5.56 Å². The lowest BCUT2D eigenvalue weighted by atomic mass is 10.1. The van der Waals surface area contributed by atoms with Crippen molar-refractivity contribution in [3.8, 4) is 17.6 Å². The van der Waals surface area contributed by atoms with Gasteiger partial charge in [-0.1, -0.05) is 18.1 Å². The summed E-state index contributed by atoms with van der Waals surface area (Å²) in [5, 5.41) is 0. The molecule has 0 amide bonds. The lowest BCUT2D eigenvalue weighted by Crippen LogP contribution is -2.44. The number of carbonyl (C=O) groups is 1. The number of anilines is 1. The number of nitrogens with two attached hydrogens (primary N) is 1. The van der Waals surface area contributed by atoms with E-state index in [1.807, 2.05) is 4.90 Å². The summed E-state index contributed by atoms with van der Waals surface area (Å²) in [6.07, 6.45) is 1.82. The highest BCUT2D eigenvalue weighted by molar-refractivity contribution is 5.98. The molecule has 1 saturated heterocycles. The van der Waals surface area contributed by atoms with Gasteiger partial charge >= 0.3 is 5.69 Å². The van der Waals surface area contributed by atoms with Gasteiger partial charge in [-0.25, -0.2) is 4.79 Å². The molecule has 10 heteroatoms. The van der Waals surface area contributed by atoms with Crippen LogP contribution in [0.2, 0.25) is 0 Å². The van der Waals surface area contributed by atoms with E-state index in [4.69, 9.17) is 10.5 Å². The number of benzene rings is 1. The molecule has 1 aliphatic rings. The number of carbonyl (C=O) groups excluding carboxylic acids is 1. The van der Waals surface area contributed by atoms with E-state index >= 15 is 0 Å². The molecule has 3 heterocycles. The quantitative estimate of drug-likeness (QED) is 0.422. The average molecular weight is 465 g/mol. The third kappa shape index (κ3) is 4.10. The predicted octanol–water partition coefficient (Wildman–Crippen LogP) is 0.739. The number of rotatable bonds is 6. The first-order chi connectivity index (χ1) is 16.4. The van der Waals surface area contributed by atoms with E-state index in [1.54, 1.807) is 42.8 Å². The van der Waals surface area contributed by atoms with Gasteiger partial charge in [-0.05, 0) is 31.9 Å². The smallest absolute Gasteiger partial charge is 0.332 e. The summed E-state index contributed by atoms with van der Waals surface area (Å²) in [6.45, 7) is 2.86. The number of methoxy groups -OCH3 is 1. The molecule has 34 heavy (non-hydrogen) atoms. The molecule has 4 rings (SSSR count). The molecule has 10 nitrogen and oxygen atoms in total. The van der Waals surface area contributed by atoms with Gasteiger partial charge in [-0.3, -0.25) is 23.3 Å². The van der Waals surface area contributed by atoms with Crippen LogP contribution in [-0.4, -0.2) is 50.7 Å². The number of imidazole rings is 1. The molecule has 0 saturated carbocycles. The van der Waals surface area contributed by atoms with Gasteiger partial charge < -0.3 is 15.4 Å². The number of piperidine rings is 1. The van der Waals surface area contributed by atoms with E-state index < -0.39 is 23.6 Å². The lowest BCUT2D eigenvalue weighted by Gasteiger charge is -2.31. The second-order valence-corrected chi connectivity index (χ2v) is 8.30. The van der Waals surface area contributed by atoms with Gasteiger partial charge in [0.05, 0.1) is 25.8 Å². The maximum Gasteiger partial charge on any atom is 0.332 e. The Kier molecular flexibility index (Phi) is 6.56. The minimum atomic E-state index is -0.617. The van der Waals surface area contributed by atoms with Crippen LogP contribution in [0.25, 0.3) is 11.2 Å². The molecule has 1 atom stereocenters. The standard InChI is InChI=1S/C24H28N6O4/c1-4-5-13-29-20-21(26-23(29)28-12-8-9-16(25)14-28)27(2)24(33)30(22(20)32)15-18(31)17-10-6-7-11-19(17)34-3/h6-7,10-11,16H,8-9,12-15,25H2,1-3H3/t16-/m1/s1. The van der Waals surface area contributed by atoms with Crippen LogP contribution in [-0.2, 0) is 20.1 Å². The van der Waals surface area contributed by atoms with Crippen molar-refractivity contribution < 1.29 is 9.53 Å². The first-order valence-electron chi connectivity index (χ1n) is 11.1. The average Bonchev–Trinajstić information content (AvgIpc) is 3.23. The van der Waals surface area contributed by atoms with Gasteiger partial charge in [0, 0.05) is 26.2 Å². The van der Waals surface area contributed by atoms with Crippen LogP contribution in [0.3, 0.4) is 0 Å². The SMILES string of the molecule is CC#CCn1c(N2CCC[C@@H](N)C2)nc2c1c(=O)n(CC(=O)c1ccccc1OC)c(=O)n2C. The first-order valence-corrected chi connectivity index (χ1v) is 11.1. The second kappa shape index (κ2) is 9.57. The van der Waals surface area contributed by atoms with Crippen molar-refractivity contribution in [2.24, 2.45) is 12.8 Å². The van der Waals surface area contributed by atoms with Crippen molar-refractivity contribution in [1.29, 1.82) is 0 Å². The molecule has 0 aliphatic carbocycles. The van der Waals surface area contributed by atoms with Gasteiger partial charge in [-0.2, -0.15) is 4.98 Å². The minimum Gasteiger partial charge on any atom is -0.496 e. The summed E-state index contributed by atoms with van der Waals surface area (Å²) in [7, 11) is 3.01. The third-order valence-electron chi connectivity index (χ3n) is 6.08. The van der Waals surface area contributed by atoms with Crippen LogP contribution in [0.4, 0.5) is 5.95 Å². The van der Waals surface area contributed by atoms with E-state index in [0.717, 1.165) is 24.0 Å². The second-order valence-electron chi connectivity index (χ2n) is 8.30. The van der Waals surface area contributed by atoms with E-state index in [-0.39, 0.29) is 23.8 Å². The summed E-state index contributed by atoms with van der Waals surface area (Å²) >= 11 is 0. The lowest BCUT2D eigenvalue weighted by molar-refractivity contribution is 0.0966. The molecule has 1 aliphatic heterocycles. The monoisotopic (exact) mass is 464 g/mol. The zero-order valence-corrected chi connectivity index (χ0v) is 19.6. The Balaban J connectivity index is 1.88. The fraction of sp³-hybridized carbons (Fsp3) is 0.417. The van der Waals surface area contributed by atoms with Gasteiger partial charge in [0.1, 0.15) is 5.75 Å². The van der Waals surface area contributed by atoms with Crippen LogP contribution >= 0.6 is 0 Å². The van der Waals surface area contributed by atoms with Crippen LogP contribution in [0.5, 0.6) is 5.75 Å². The number of hydrogen-bond acceptors (Lipinski definition) is 7. The summed E-state index contributed by atoms with van der Waals surface area (Å²) in [5.74, 6) is 6.37. The van der Waals surface area contributed by atoms with Crippen molar-refractivity contribution in [3.63, 3.8) is 0 Å². The number of ether oxygens (including phenoxy) is 1. The Morgan fingerprint density at radius 2 is 2.03 bits per heavy atom. The Morgan fingerprint density at radius 1 is 1.26 bits per heavy atom. The molecule has 2 N–H and O–H groups in total. The molecule has 0 spiro atoms. The molecule has 0 radical (unpaired) electrons. The van der Waals surface area contributed by atoms with Gasteiger partial charge in [0.2, 0.25) is 5.95 Å². The summed E-state index contributed by atoms with van der Waals surface area (Å²) in [5.41, 5.74) is 5.75. The van der Waals surface area contributed by atoms with Crippen LogP contribution in [0.1, 0.15) is 30.1 Å². The molecule has 178 valence electrons. The van der Waals surface area contributed by atoms with E-state index in [9.17, 15) is 14.4 Å². The van der Waals surface area contributed by atoms with Crippen molar-refractivity contribution in [3.05, 3.63) is 50.7 Å². The Hall–Kier alpha value is -3.84.